The van der Waals surface area contributed by atoms with Gasteiger partial charge in [0.1, 0.15) is 18.8 Å². The van der Waals surface area contributed by atoms with Gasteiger partial charge in [0.25, 0.3) is 0 Å². The van der Waals surface area contributed by atoms with E-state index in [9.17, 15) is 19.8 Å². The molecule has 3 N–H and O–H groups in total. The Bertz CT molecular complexity index is 586. The zero-order chi connectivity index (χ0) is 17.1. The van der Waals surface area contributed by atoms with Crippen molar-refractivity contribution in [2.75, 3.05) is 6.61 Å². The van der Waals surface area contributed by atoms with Crippen molar-refractivity contribution in [1.82, 2.24) is 0 Å². The highest BCUT2D eigenvalue weighted by Gasteiger charge is 2.43. The molecule has 0 spiro atoms. The molecule has 0 unspecified atom stereocenters. The van der Waals surface area contributed by atoms with E-state index < -0.39 is 42.3 Å². The second-order valence-electron chi connectivity index (χ2n) is 5.67. The normalized spacial score (nSPS) is 30.7. The van der Waals surface area contributed by atoms with Gasteiger partial charge in [0, 0.05) is 12.8 Å². The van der Waals surface area contributed by atoms with Gasteiger partial charge in [-0.3, -0.25) is 4.79 Å². The van der Waals surface area contributed by atoms with E-state index in [1.807, 2.05) is 0 Å². The molecule has 0 aromatic heterocycles. The molecule has 7 nitrogen and oxygen atoms in total. The molecule has 0 aliphatic carbocycles. The van der Waals surface area contributed by atoms with Gasteiger partial charge in [-0.05, 0) is 17.7 Å². The van der Waals surface area contributed by atoms with E-state index in [-0.39, 0.29) is 12.2 Å². The summed E-state index contributed by atoms with van der Waals surface area (Å²) in [4.78, 5) is 22.0. The fourth-order valence-electron chi connectivity index (χ4n) is 2.62. The lowest BCUT2D eigenvalue weighted by Crippen LogP contribution is -2.51. The average molecular weight is 324 g/mol. The Morgan fingerprint density at radius 1 is 1.26 bits per heavy atom. The van der Waals surface area contributed by atoms with Crippen LogP contribution in [0.2, 0.25) is 0 Å². The Morgan fingerprint density at radius 3 is 2.57 bits per heavy atom. The number of rotatable bonds is 4. The van der Waals surface area contributed by atoms with E-state index in [1.165, 1.54) is 19.1 Å². The Kier molecular flexibility index (Phi) is 5.35. The van der Waals surface area contributed by atoms with Crippen molar-refractivity contribution in [3.63, 3.8) is 0 Å². The number of ether oxygens (including phenoxy) is 2. The maximum Gasteiger partial charge on any atom is 0.335 e. The third kappa shape index (κ3) is 3.87. The molecule has 7 heteroatoms. The minimum absolute atomic E-state index is 0.0462. The molecule has 1 aliphatic heterocycles. The first-order valence-corrected chi connectivity index (χ1v) is 7.29. The maximum atomic E-state index is 11.1. The number of carbonyl (C=O) groups is 2. The van der Waals surface area contributed by atoms with Crippen LogP contribution in [0.5, 0.6) is 0 Å². The largest absolute Gasteiger partial charge is 0.478 e. The lowest BCUT2D eigenvalue weighted by atomic mass is 9.85. The fourth-order valence-corrected chi connectivity index (χ4v) is 2.62. The SMILES string of the molecule is CC(=O)OC[C@H]1O[C@H](c2cccc(C(=O)O)c2)[C@@H](O)[C@@H](O)[C@@H]1C. The van der Waals surface area contributed by atoms with Gasteiger partial charge >= 0.3 is 11.9 Å². The topological polar surface area (TPSA) is 113 Å². The van der Waals surface area contributed by atoms with Gasteiger partial charge in [-0.2, -0.15) is 0 Å². The quantitative estimate of drug-likeness (QED) is 0.700. The molecule has 1 heterocycles. The Balaban J connectivity index is 2.24. The summed E-state index contributed by atoms with van der Waals surface area (Å²) in [6.45, 7) is 2.91. The number of aromatic carboxylic acids is 1. The Hall–Kier alpha value is -1.96. The van der Waals surface area contributed by atoms with Crippen molar-refractivity contribution in [3.05, 3.63) is 35.4 Å². The summed E-state index contributed by atoms with van der Waals surface area (Å²) in [6, 6.07) is 5.98. The summed E-state index contributed by atoms with van der Waals surface area (Å²) in [7, 11) is 0. The van der Waals surface area contributed by atoms with Gasteiger partial charge < -0.3 is 24.8 Å². The van der Waals surface area contributed by atoms with E-state index >= 15 is 0 Å². The van der Waals surface area contributed by atoms with Crippen molar-refractivity contribution in [1.29, 1.82) is 0 Å². The number of carbonyl (C=O) groups excluding carboxylic acids is 1. The van der Waals surface area contributed by atoms with Crippen molar-refractivity contribution >= 4 is 11.9 Å². The summed E-state index contributed by atoms with van der Waals surface area (Å²) in [5.74, 6) is -2.00. The third-order valence-electron chi connectivity index (χ3n) is 4.02. The number of benzene rings is 1. The lowest BCUT2D eigenvalue weighted by Gasteiger charge is -2.41. The molecule has 1 aliphatic rings. The highest BCUT2D eigenvalue weighted by atomic mass is 16.6. The lowest BCUT2D eigenvalue weighted by molar-refractivity contribution is -0.211. The first kappa shape index (κ1) is 17.4. The number of aliphatic hydroxyl groups is 2. The molecule has 1 saturated heterocycles. The monoisotopic (exact) mass is 324 g/mol. The van der Waals surface area contributed by atoms with Crippen LogP contribution in [0, 0.1) is 5.92 Å². The molecule has 1 aromatic rings. The second-order valence-corrected chi connectivity index (χ2v) is 5.67. The van der Waals surface area contributed by atoms with Crippen molar-refractivity contribution in [2.24, 2.45) is 5.92 Å². The predicted octanol–water partition coefficient (Wildman–Crippen LogP) is 0.746. The van der Waals surface area contributed by atoms with Crippen LogP contribution < -0.4 is 0 Å². The van der Waals surface area contributed by atoms with E-state index in [0.29, 0.717) is 5.56 Å². The Labute approximate surface area is 133 Å². The molecule has 0 saturated carbocycles. The minimum Gasteiger partial charge on any atom is -0.478 e. The summed E-state index contributed by atoms with van der Waals surface area (Å²) >= 11 is 0. The van der Waals surface area contributed by atoms with Crippen LogP contribution in [0.15, 0.2) is 24.3 Å². The molecule has 126 valence electrons. The number of esters is 1. The zero-order valence-electron chi connectivity index (χ0n) is 12.9. The van der Waals surface area contributed by atoms with E-state index in [1.54, 1.807) is 19.1 Å². The number of aliphatic hydroxyl groups excluding tert-OH is 2. The van der Waals surface area contributed by atoms with Crippen LogP contribution in [-0.2, 0) is 14.3 Å². The van der Waals surface area contributed by atoms with E-state index in [0.717, 1.165) is 0 Å². The Morgan fingerprint density at radius 2 is 1.96 bits per heavy atom. The van der Waals surface area contributed by atoms with Gasteiger partial charge in [0.15, 0.2) is 0 Å². The first-order chi connectivity index (χ1) is 10.8. The fraction of sp³-hybridized carbons (Fsp3) is 0.500. The molecule has 0 amide bonds. The van der Waals surface area contributed by atoms with Crippen LogP contribution in [0.3, 0.4) is 0 Å². The predicted molar refractivity (Wildman–Crippen MR) is 78.8 cm³/mol. The van der Waals surface area contributed by atoms with Crippen LogP contribution in [0.25, 0.3) is 0 Å². The van der Waals surface area contributed by atoms with Gasteiger partial charge in [-0.25, -0.2) is 4.79 Å². The highest BCUT2D eigenvalue weighted by Crippen LogP contribution is 2.35. The van der Waals surface area contributed by atoms with Crippen molar-refractivity contribution < 1.29 is 34.4 Å². The molecule has 0 radical (unpaired) electrons. The number of carboxylic acid groups (broad SMARTS) is 1. The first-order valence-electron chi connectivity index (χ1n) is 7.29. The van der Waals surface area contributed by atoms with Crippen LogP contribution in [0.4, 0.5) is 0 Å². The van der Waals surface area contributed by atoms with E-state index in [4.69, 9.17) is 14.6 Å². The van der Waals surface area contributed by atoms with Gasteiger partial charge in [-0.15, -0.1) is 0 Å². The summed E-state index contributed by atoms with van der Waals surface area (Å²) in [5.41, 5.74) is 0.499. The number of carboxylic acids is 1. The molecular weight excluding hydrogens is 304 g/mol. The smallest absolute Gasteiger partial charge is 0.335 e. The standard InChI is InChI=1S/C16H20O7/c1-8-12(7-22-9(2)17)23-15(14(19)13(8)18)10-4-3-5-11(6-10)16(20)21/h3-6,8,12-15,18-19H,7H2,1-2H3,(H,20,21)/t8-,12-,13+,14+,15-/m1/s1. The second kappa shape index (κ2) is 7.08. The minimum atomic E-state index is -1.21. The van der Waals surface area contributed by atoms with Crippen LogP contribution >= 0.6 is 0 Å². The molecular formula is C16H20O7. The zero-order valence-corrected chi connectivity index (χ0v) is 12.9. The summed E-state index contributed by atoms with van der Waals surface area (Å²) in [5, 5.41) is 29.5. The van der Waals surface area contributed by atoms with Crippen LogP contribution in [0.1, 0.15) is 35.9 Å². The van der Waals surface area contributed by atoms with E-state index in [2.05, 4.69) is 0 Å². The highest BCUT2D eigenvalue weighted by molar-refractivity contribution is 5.87. The number of hydrogen-bond donors (Lipinski definition) is 3. The average Bonchev–Trinajstić information content (AvgIpc) is 2.52. The van der Waals surface area contributed by atoms with Gasteiger partial charge in [0.05, 0.1) is 17.8 Å². The van der Waals surface area contributed by atoms with Crippen LogP contribution in [-0.4, -0.2) is 52.2 Å². The third-order valence-corrected chi connectivity index (χ3v) is 4.02. The number of hydrogen-bond acceptors (Lipinski definition) is 6. The summed E-state index contributed by atoms with van der Waals surface area (Å²) in [6.07, 6.45) is -3.79. The molecule has 1 aromatic carbocycles. The van der Waals surface area contributed by atoms with Crippen molar-refractivity contribution in [3.8, 4) is 0 Å². The molecule has 0 bridgehead atoms. The summed E-state index contributed by atoms with van der Waals surface area (Å²) < 4.78 is 10.7. The van der Waals surface area contributed by atoms with Crippen molar-refractivity contribution in [2.45, 2.75) is 38.3 Å². The van der Waals surface area contributed by atoms with Gasteiger partial charge in [0.2, 0.25) is 0 Å². The molecule has 23 heavy (non-hydrogen) atoms. The molecule has 5 atom stereocenters. The maximum absolute atomic E-state index is 11.1. The molecule has 2 rings (SSSR count). The van der Waals surface area contributed by atoms with Gasteiger partial charge in [-0.1, -0.05) is 19.1 Å². The molecule has 1 fully saturated rings.